The van der Waals surface area contributed by atoms with Crippen LogP contribution in [-0.4, -0.2) is 11.4 Å². The number of benzene rings is 1. The van der Waals surface area contributed by atoms with Crippen LogP contribution < -0.4 is 5.73 Å². The number of thiophene rings is 1. The molecule has 1 heterocycles. The van der Waals surface area contributed by atoms with E-state index >= 15 is 0 Å². The number of nitrogen functional groups attached to an aromatic ring is 1. The molecule has 0 amide bonds. The molecule has 0 saturated carbocycles. The van der Waals surface area contributed by atoms with E-state index in [2.05, 4.69) is 0 Å². The molecule has 3 N–H and O–H groups in total. The summed E-state index contributed by atoms with van der Waals surface area (Å²) in [5.74, 6) is 0.278. The largest absolute Gasteiger partial charge is 0.506 e. The van der Waals surface area contributed by atoms with Crippen LogP contribution in [0.15, 0.2) is 22.4 Å². The summed E-state index contributed by atoms with van der Waals surface area (Å²) >= 11 is 3.21. The Hall–Kier alpha value is -0.870. The van der Waals surface area contributed by atoms with Gasteiger partial charge in [0.1, 0.15) is 5.75 Å². The zero-order chi connectivity index (χ0) is 9.42. The van der Waals surface area contributed by atoms with E-state index in [1.54, 1.807) is 29.2 Å². The molecule has 0 fully saturated rings. The lowest BCUT2D eigenvalue weighted by molar-refractivity contribution is 0.483. The molecule has 0 radical (unpaired) electrons. The van der Waals surface area contributed by atoms with E-state index < -0.39 is 0 Å². The second-order valence-corrected chi connectivity index (χ2v) is 4.45. The lowest BCUT2D eigenvalue weighted by Gasteiger charge is -1.98. The van der Waals surface area contributed by atoms with Gasteiger partial charge < -0.3 is 10.8 Å². The van der Waals surface area contributed by atoms with Crippen LogP contribution in [0.4, 0.5) is 5.69 Å². The van der Waals surface area contributed by atoms with Gasteiger partial charge in [0.25, 0.3) is 0 Å². The maximum absolute atomic E-state index is 9.58. The highest BCUT2D eigenvalue weighted by Crippen LogP contribution is 2.38. The Balaban J connectivity index is 2.82. The maximum atomic E-state index is 9.58. The number of hydrogen-bond acceptors (Lipinski definition) is 4. The number of anilines is 1. The predicted octanol–water partition coefficient (Wildman–Crippen LogP) is 2.91. The lowest BCUT2D eigenvalue weighted by atomic mass is 10.2. The maximum Gasteiger partial charge on any atom is 0.135 e. The monoisotopic (exact) mass is 211 g/mol. The Bertz CT molecular complexity index is 450. The van der Waals surface area contributed by atoms with Gasteiger partial charge in [0, 0.05) is 27.4 Å². The van der Waals surface area contributed by atoms with Gasteiger partial charge in [0.2, 0.25) is 0 Å². The zero-order valence-corrected chi connectivity index (χ0v) is 8.71. The molecule has 2 aromatic rings. The van der Waals surface area contributed by atoms with Crippen LogP contribution in [0.1, 0.15) is 0 Å². The van der Waals surface area contributed by atoms with Crippen LogP contribution in [-0.2, 0) is 0 Å². The average Bonchev–Trinajstić information content (AvgIpc) is 2.47. The quantitative estimate of drug-likeness (QED) is 0.563. The van der Waals surface area contributed by atoms with Crippen LogP contribution in [0, 0.1) is 0 Å². The first-order chi connectivity index (χ1) is 6.22. The molecule has 0 aliphatic heterocycles. The van der Waals surface area contributed by atoms with Crippen molar-refractivity contribution >= 4 is 38.9 Å². The second kappa shape index (κ2) is 3.12. The van der Waals surface area contributed by atoms with Crippen molar-refractivity contribution in [1.82, 2.24) is 0 Å². The van der Waals surface area contributed by atoms with Gasteiger partial charge in [-0.15, -0.1) is 23.1 Å². The van der Waals surface area contributed by atoms with E-state index in [9.17, 15) is 5.11 Å². The standard InChI is InChI=1S/C9H9NOS2/c1-12-8-4-13-9-6(8)2-5(10)3-7(9)11/h2-4,11H,10H2,1H3. The molecule has 68 valence electrons. The SMILES string of the molecule is CSc1csc2c(O)cc(N)cc12. The molecule has 0 saturated heterocycles. The molecule has 1 aromatic carbocycles. The first kappa shape index (κ1) is 8.72. The normalized spacial score (nSPS) is 10.8. The molecule has 13 heavy (non-hydrogen) atoms. The van der Waals surface area contributed by atoms with Gasteiger partial charge in [0.15, 0.2) is 0 Å². The summed E-state index contributed by atoms with van der Waals surface area (Å²) in [6.45, 7) is 0. The number of nitrogens with two attached hydrogens (primary N) is 1. The summed E-state index contributed by atoms with van der Waals surface area (Å²) < 4.78 is 0.915. The Labute approximate surface area is 84.4 Å². The molecule has 0 aliphatic rings. The van der Waals surface area contributed by atoms with Gasteiger partial charge >= 0.3 is 0 Å². The van der Waals surface area contributed by atoms with Crippen molar-refractivity contribution in [1.29, 1.82) is 0 Å². The summed E-state index contributed by atoms with van der Waals surface area (Å²) in [6.07, 6.45) is 2.02. The van der Waals surface area contributed by atoms with E-state index in [1.165, 1.54) is 4.90 Å². The molecule has 0 atom stereocenters. The van der Waals surface area contributed by atoms with Crippen LogP contribution >= 0.6 is 23.1 Å². The average molecular weight is 211 g/mol. The Morgan fingerprint density at radius 1 is 1.46 bits per heavy atom. The molecule has 0 bridgehead atoms. The molecular formula is C9H9NOS2. The molecule has 0 spiro atoms. The molecular weight excluding hydrogens is 202 g/mol. The molecule has 0 aliphatic carbocycles. The third-order valence-electron chi connectivity index (χ3n) is 1.86. The van der Waals surface area contributed by atoms with Gasteiger partial charge in [-0.1, -0.05) is 0 Å². The van der Waals surface area contributed by atoms with E-state index in [0.717, 1.165) is 10.1 Å². The minimum Gasteiger partial charge on any atom is -0.506 e. The summed E-state index contributed by atoms with van der Waals surface area (Å²) in [7, 11) is 0. The minimum absolute atomic E-state index is 0.278. The fourth-order valence-electron chi connectivity index (χ4n) is 1.28. The van der Waals surface area contributed by atoms with E-state index in [1.807, 2.05) is 17.7 Å². The van der Waals surface area contributed by atoms with Gasteiger partial charge in [0.05, 0.1) is 4.70 Å². The summed E-state index contributed by atoms with van der Waals surface area (Å²) in [5.41, 5.74) is 6.25. The van der Waals surface area contributed by atoms with Crippen molar-refractivity contribution in [2.45, 2.75) is 4.90 Å². The molecule has 2 rings (SSSR count). The van der Waals surface area contributed by atoms with Gasteiger partial charge in [-0.25, -0.2) is 0 Å². The summed E-state index contributed by atoms with van der Waals surface area (Å²) in [6, 6.07) is 3.49. The number of thioether (sulfide) groups is 1. The number of hydrogen-bond donors (Lipinski definition) is 2. The van der Waals surface area contributed by atoms with Crippen molar-refractivity contribution in [3.8, 4) is 5.75 Å². The number of fused-ring (bicyclic) bond motifs is 1. The predicted molar refractivity (Wildman–Crippen MR) is 59.7 cm³/mol. The van der Waals surface area contributed by atoms with E-state index in [4.69, 9.17) is 5.73 Å². The number of phenolic OH excluding ortho intramolecular Hbond substituents is 1. The lowest BCUT2D eigenvalue weighted by Crippen LogP contribution is -1.83. The Kier molecular flexibility index (Phi) is 2.09. The topological polar surface area (TPSA) is 46.2 Å². The Morgan fingerprint density at radius 2 is 2.23 bits per heavy atom. The Morgan fingerprint density at radius 3 is 2.92 bits per heavy atom. The van der Waals surface area contributed by atoms with E-state index in [0.29, 0.717) is 5.69 Å². The van der Waals surface area contributed by atoms with Crippen LogP contribution in [0.5, 0.6) is 5.75 Å². The highest BCUT2D eigenvalue weighted by molar-refractivity contribution is 7.99. The minimum atomic E-state index is 0.278. The first-order valence-corrected chi connectivity index (χ1v) is 5.86. The first-order valence-electron chi connectivity index (χ1n) is 3.76. The summed E-state index contributed by atoms with van der Waals surface area (Å²) in [4.78, 5) is 1.17. The van der Waals surface area contributed by atoms with Gasteiger partial charge in [-0.2, -0.15) is 0 Å². The van der Waals surface area contributed by atoms with Crippen molar-refractivity contribution in [3.05, 3.63) is 17.5 Å². The van der Waals surface area contributed by atoms with Crippen molar-refractivity contribution in [2.75, 3.05) is 12.0 Å². The molecule has 0 unspecified atom stereocenters. The molecule has 2 nitrogen and oxygen atoms in total. The third kappa shape index (κ3) is 1.36. The number of aromatic hydroxyl groups is 1. The smallest absolute Gasteiger partial charge is 0.135 e. The fraction of sp³-hybridized carbons (Fsp3) is 0.111. The highest BCUT2D eigenvalue weighted by Gasteiger charge is 2.07. The van der Waals surface area contributed by atoms with Crippen molar-refractivity contribution in [3.63, 3.8) is 0 Å². The van der Waals surface area contributed by atoms with Crippen molar-refractivity contribution in [2.24, 2.45) is 0 Å². The van der Waals surface area contributed by atoms with Crippen LogP contribution in [0.3, 0.4) is 0 Å². The van der Waals surface area contributed by atoms with Crippen LogP contribution in [0.25, 0.3) is 10.1 Å². The van der Waals surface area contributed by atoms with Gasteiger partial charge in [-0.3, -0.25) is 0 Å². The highest BCUT2D eigenvalue weighted by atomic mass is 32.2. The third-order valence-corrected chi connectivity index (χ3v) is 3.81. The van der Waals surface area contributed by atoms with E-state index in [-0.39, 0.29) is 5.75 Å². The van der Waals surface area contributed by atoms with Crippen LogP contribution in [0.2, 0.25) is 0 Å². The fourth-order valence-corrected chi connectivity index (χ4v) is 3.08. The number of rotatable bonds is 1. The molecule has 4 heteroatoms. The zero-order valence-electron chi connectivity index (χ0n) is 7.07. The number of phenols is 1. The second-order valence-electron chi connectivity index (χ2n) is 2.72. The summed E-state index contributed by atoms with van der Waals surface area (Å²) in [5, 5.41) is 12.7. The molecule has 1 aromatic heterocycles. The van der Waals surface area contributed by atoms with Gasteiger partial charge in [-0.05, 0) is 12.3 Å². The van der Waals surface area contributed by atoms with Crippen molar-refractivity contribution < 1.29 is 5.11 Å².